The van der Waals surface area contributed by atoms with E-state index >= 15 is 0 Å². The van der Waals surface area contributed by atoms with E-state index in [9.17, 15) is 4.79 Å². The maximum absolute atomic E-state index is 11.9. The summed E-state index contributed by atoms with van der Waals surface area (Å²) in [6, 6.07) is 9.88. The standard InChI is InChI=1S/C17H24O2/c1-2-14-10-11-17(18)15(13-14)7-6-12-19-16-8-4-3-5-9-16/h3-5,8-9,14-15H,2,6-7,10-13H2,1H3. The van der Waals surface area contributed by atoms with Gasteiger partial charge < -0.3 is 4.74 Å². The smallest absolute Gasteiger partial charge is 0.135 e. The van der Waals surface area contributed by atoms with Crippen LogP contribution in [0, 0.1) is 11.8 Å². The number of hydrogen-bond donors (Lipinski definition) is 0. The van der Waals surface area contributed by atoms with Crippen LogP contribution in [0.15, 0.2) is 30.3 Å². The summed E-state index contributed by atoms with van der Waals surface area (Å²) in [6.45, 7) is 2.95. The van der Waals surface area contributed by atoms with Crippen LogP contribution >= 0.6 is 0 Å². The van der Waals surface area contributed by atoms with Crippen LogP contribution in [0.1, 0.15) is 45.4 Å². The summed E-state index contributed by atoms with van der Waals surface area (Å²) in [4.78, 5) is 11.9. The van der Waals surface area contributed by atoms with Crippen molar-refractivity contribution < 1.29 is 9.53 Å². The SMILES string of the molecule is CCC1CCC(=O)C(CCCOc2ccccc2)C1. The summed E-state index contributed by atoms with van der Waals surface area (Å²) in [7, 11) is 0. The molecule has 1 aromatic rings. The second-order valence-corrected chi connectivity index (χ2v) is 5.52. The molecule has 0 aromatic heterocycles. The maximum atomic E-state index is 11.9. The fraction of sp³-hybridized carbons (Fsp3) is 0.588. The van der Waals surface area contributed by atoms with Crippen molar-refractivity contribution in [2.45, 2.75) is 45.4 Å². The van der Waals surface area contributed by atoms with E-state index in [1.165, 1.54) is 6.42 Å². The van der Waals surface area contributed by atoms with Gasteiger partial charge in [-0.05, 0) is 43.7 Å². The van der Waals surface area contributed by atoms with E-state index in [0.29, 0.717) is 12.4 Å². The number of carbonyl (C=O) groups excluding carboxylic acids is 1. The predicted molar refractivity (Wildman–Crippen MR) is 77.3 cm³/mol. The van der Waals surface area contributed by atoms with E-state index in [0.717, 1.165) is 43.8 Å². The lowest BCUT2D eigenvalue weighted by molar-refractivity contribution is -0.125. The Balaban J connectivity index is 1.68. The van der Waals surface area contributed by atoms with Crippen molar-refractivity contribution >= 4 is 5.78 Å². The Kier molecular flexibility index (Phi) is 5.44. The highest BCUT2D eigenvalue weighted by molar-refractivity contribution is 5.81. The third-order valence-corrected chi connectivity index (χ3v) is 4.16. The summed E-state index contributed by atoms with van der Waals surface area (Å²) in [5.41, 5.74) is 0. The van der Waals surface area contributed by atoms with Crippen molar-refractivity contribution in [2.75, 3.05) is 6.61 Å². The number of para-hydroxylation sites is 1. The Morgan fingerprint density at radius 1 is 1.26 bits per heavy atom. The second-order valence-electron chi connectivity index (χ2n) is 5.52. The molecule has 2 heteroatoms. The number of benzene rings is 1. The largest absolute Gasteiger partial charge is 0.494 e. The molecule has 0 amide bonds. The molecule has 0 heterocycles. The van der Waals surface area contributed by atoms with Gasteiger partial charge in [0.25, 0.3) is 0 Å². The Morgan fingerprint density at radius 3 is 2.79 bits per heavy atom. The zero-order valence-electron chi connectivity index (χ0n) is 11.8. The molecule has 2 nitrogen and oxygen atoms in total. The van der Waals surface area contributed by atoms with Crippen LogP contribution in [0.2, 0.25) is 0 Å². The van der Waals surface area contributed by atoms with Crippen molar-refractivity contribution in [2.24, 2.45) is 11.8 Å². The van der Waals surface area contributed by atoms with E-state index in [2.05, 4.69) is 6.92 Å². The van der Waals surface area contributed by atoms with Gasteiger partial charge in [-0.1, -0.05) is 31.5 Å². The summed E-state index contributed by atoms with van der Waals surface area (Å²) in [5, 5.41) is 0. The van der Waals surface area contributed by atoms with Gasteiger partial charge >= 0.3 is 0 Å². The lowest BCUT2D eigenvalue weighted by Crippen LogP contribution is -2.25. The Hall–Kier alpha value is -1.31. The molecule has 1 aliphatic rings. The minimum Gasteiger partial charge on any atom is -0.494 e. The molecule has 0 spiro atoms. The zero-order chi connectivity index (χ0) is 13.5. The van der Waals surface area contributed by atoms with Crippen molar-refractivity contribution in [1.29, 1.82) is 0 Å². The van der Waals surface area contributed by atoms with Crippen LogP contribution in [-0.2, 0) is 4.79 Å². The van der Waals surface area contributed by atoms with Gasteiger partial charge in [-0.25, -0.2) is 0 Å². The van der Waals surface area contributed by atoms with Gasteiger partial charge in [-0.3, -0.25) is 4.79 Å². The molecule has 0 bridgehead atoms. The van der Waals surface area contributed by atoms with Crippen molar-refractivity contribution in [3.63, 3.8) is 0 Å². The number of rotatable bonds is 6. The van der Waals surface area contributed by atoms with Gasteiger partial charge in [-0.15, -0.1) is 0 Å². The number of ether oxygens (including phenoxy) is 1. The van der Waals surface area contributed by atoms with Gasteiger partial charge in [0.05, 0.1) is 6.61 Å². The third-order valence-electron chi connectivity index (χ3n) is 4.16. The summed E-state index contributed by atoms with van der Waals surface area (Å²) < 4.78 is 5.67. The van der Waals surface area contributed by atoms with Gasteiger partial charge in [0.15, 0.2) is 0 Å². The molecule has 0 aliphatic heterocycles. The molecule has 1 aliphatic carbocycles. The Labute approximate surface area is 116 Å². The highest BCUT2D eigenvalue weighted by Crippen LogP contribution is 2.31. The molecule has 0 N–H and O–H groups in total. The highest BCUT2D eigenvalue weighted by Gasteiger charge is 2.27. The molecule has 1 fully saturated rings. The molecular formula is C17H24O2. The Morgan fingerprint density at radius 2 is 2.05 bits per heavy atom. The minimum atomic E-state index is 0.290. The van der Waals surface area contributed by atoms with Crippen LogP contribution in [0.4, 0.5) is 0 Å². The average Bonchev–Trinajstić information content (AvgIpc) is 2.46. The molecule has 0 saturated heterocycles. The molecular weight excluding hydrogens is 236 g/mol. The molecule has 2 atom stereocenters. The minimum absolute atomic E-state index is 0.290. The molecule has 0 radical (unpaired) electrons. The first-order chi connectivity index (χ1) is 9.29. The number of Topliss-reactive ketones (excluding diaryl/α,β-unsaturated/α-hetero) is 1. The lowest BCUT2D eigenvalue weighted by atomic mass is 9.77. The summed E-state index contributed by atoms with van der Waals surface area (Å²) in [6.07, 6.45) is 6.17. The monoisotopic (exact) mass is 260 g/mol. The molecule has 1 aromatic carbocycles. The van der Waals surface area contributed by atoms with Gasteiger partial charge in [0.2, 0.25) is 0 Å². The first kappa shape index (κ1) is 14.1. The fourth-order valence-electron chi connectivity index (χ4n) is 2.89. The number of carbonyl (C=O) groups is 1. The summed E-state index contributed by atoms with van der Waals surface area (Å²) in [5.74, 6) is 2.45. The van der Waals surface area contributed by atoms with Gasteiger partial charge in [-0.2, -0.15) is 0 Å². The Bertz CT molecular complexity index is 386. The van der Waals surface area contributed by atoms with E-state index in [1.807, 2.05) is 30.3 Å². The van der Waals surface area contributed by atoms with Gasteiger partial charge in [0, 0.05) is 12.3 Å². The van der Waals surface area contributed by atoms with E-state index in [4.69, 9.17) is 4.74 Å². The van der Waals surface area contributed by atoms with Crippen LogP contribution < -0.4 is 4.74 Å². The van der Waals surface area contributed by atoms with Crippen molar-refractivity contribution in [1.82, 2.24) is 0 Å². The zero-order valence-corrected chi connectivity index (χ0v) is 11.8. The lowest BCUT2D eigenvalue weighted by Gasteiger charge is -2.27. The number of hydrogen-bond acceptors (Lipinski definition) is 2. The van der Waals surface area contributed by atoms with Crippen molar-refractivity contribution in [3.8, 4) is 5.75 Å². The quantitative estimate of drug-likeness (QED) is 0.715. The molecule has 2 rings (SSSR count). The first-order valence-corrected chi connectivity index (χ1v) is 7.50. The third kappa shape index (κ3) is 4.38. The average molecular weight is 260 g/mol. The van der Waals surface area contributed by atoms with Crippen molar-refractivity contribution in [3.05, 3.63) is 30.3 Å². The first-order valence-electron chi connectivity index (χ1n) is 7.50. The van der Waals surface area contributed by atoms with Crippen LogP contribution in [0.25, 0.3) is 0 Å². The number of ketones is 1. The van der Waals surface area contributed by atoms with Crippen LogP contribution in [-0.4, -0.2) is 12.4 Å². The summed E-state index contributed by atoms with van der Waals surface area (Å²) >= 11 is 0. The topological polar surface area (TPSA) is 26.3 Å². The normalized spacial score (nSPS) is 23.3. The second kappa shape index (κ2) is 7.32. The molecule has 2 unspecified atom stereocenters. The van der Waals surface area contributed by atoms with Gasteiger partial charge in [0.1, 0.15) is 11.5 Å². The maximum Gasteiger partial charge on any atom is 0.135 e. The highest BCUT2D eigenvalue weighted by atomic mass is 16.5. The molecule has 19 heavy (non-hydrogen) atoms. The molecule has 104 valence electrons. The molecule has 1 saturated carbocycles. The fourth-order valence-corrected chi connectivity index (χ4v) is 2.89. The van der Waals surface area contributed by atoms with E-state index < -0.39 is 0 Å². The van der Waals surface area contributed by atoms with Crippen LogP contribution in [0.3, 0.4) is 0 Å². The van der Waals surface area contributed by atoms with E-state index in [-0.39, 0.29) is 5.92 Å². The van der Waals surface area contributed by atoms with E-state index in [1.54, 1.807) is 0 Å². The predicted octanol–water partition coefficient (Wildman–Crippen LogP) is 4.24. The van der Waals surface area contributed by atoms with Crippen LogP contribution in [0.5, 0.6) is 5.75 Å².